The van der Waals surface area contributed by atoms with Crippen molar-refractivity contribution >= 4 is 52.4 Å². The first-order valence-electron chi connectivity index (χ1n) is 7.41. The van der Waals surface area contributed by atoms with Gasteiger partial charge in [-0.2, -0.15) is 4.99 Å². The predicted molar refractivity (Wildman–Crippen MR) is 92.4 cm³/mol. The topological polar surface area (TPSA) is 135 Å². The molecule has 0 aliphatic carbocycles. The number of aliphatic hydroxyl groups excluding tert-OH is 1. The Balaban J connectivity index is 1.89. The maximum atomic E-state index is 12.5. The normalized spacial score (nSPS) is 31.7. The van der Waals surface area contributed by atoms with Crippen LogP contribution in [0.1, 0.15) is 6.42 Å². The third-order valence-corrected chi connectivity index (χ3v) is 6.19. The molecule has 4 unspecified atom stereocenters. The van der Waals surface area contributed by atoms with E-state index in [4.69, 9.17) is 10.1 Å². The SMILES string of the molecule is CN(C)C(=O)CC1SC(CO)OC1N1C(=O)SC2C(=O)NC(=N)N=C21. The van der Waals surface area contributed by atoms with Crippen molar-refractivity contribution in [2.75, 3.05) is 20.7 Å². The predicted octanol–water partition coefficient (Wildman–Crippen LogP) is -0.758. The second-order valence-electron chi connectivity index (χ2n) is 5.75. The highest BCUT2D eigenvalue weighted by Gasteiger charge is 2.52. The first-order chi connectivity index (χ1) is 11.8. The highest BCUT2D eigenvalue weighted by atomic mass is 32.2. The Labute approximate surface area is 151 Å². The summed E-state index contributed by atoms with van der Waals surface area (Å²) in [7, 11) is 3.26. The molecule has 0 aromatic heterocycles. The molecule has 4 atom stereocenters. The van der Waals surface area contributed by atoms with E-state index < -0.39 is 33.3 Å². The first kappa shape index (κ1) is 18.2. The lowest BCUT2D eigenvalue weighted by atomic mass is 10.2. The summed E-state index contributed by atoms with van der Waals surface area (Å²) in [4.78, 5) is 43.2. The minimum atomic E-state index is -0.839. The number of carbonyl (C=O) groups is 3. The zero-order chi connectivity index (χ0) is 18.3. The summed E-state index contributed by atoms with van der Waals surface area (Å²) in [5.74, 6) is -0.838. The summed E-state index contributed by atoms with van der Waals surface area (Å²) in [5.41, 5.74) is -0.584. The van der Waals surface area contributed by atoms with Crippen molar-refractivity contribution in [2.24, 2.45) is 4.99 Å². The Kier molecular flexibility index (Phi) is 5.04. The molecule has 0 saturated carbocycles. The van der Waals surface area contributed by atoms with Gasteiger partial charge in [0.2, 0.25) is 17.8 Å². The number of nitrogens with zero attached hydrogens (tertiary/aromatic N) is 3. The number of fused-ring (bicyclic) bond motifs is 1. The van der Waals surface area contributed by atoms with Crippen LogP contribution in [0.5, 0.6) is 0 Å². The maximum absolute atomic E-state index is 12.5. The molecule has 0 aromatic carbocycles. The molecule has 2 saturated heterocycles. The number of amidine groups is 1. The fraction of sp³-hybridized carbons (Fsp3) is 0.615. The number of aliphatic imine (C=N–C) groups is 1. The monoisotopic (exact) mass is 387 g/mol. The van der Waals surface area contributed by atoms with Crippen molar-refractivity contribution in [3.05, 3.63) is 0 Å². The molecule has 3 N–H and O–H groups in total. The third-order valence-electron chi connectivity index (χ3n) is 3.82. The van der Waals surface area contributed by atoms with Gasteiger partial charge in [-0.3, -0.25) is 30.0 Å². The molecule has 3 aliphatic heterocycles. The van der Waals surface area contributed by atoms with Gasteiger partial charge in [-0.05, 0) is 11.8 Å². The lowest BCUT2D eigenvalue weighted by Gasteiger charge is -2.29. The standard InChI is InChI=1S/C13H17N5O5S2/c1-17(2)6(20)3-5-11(23-7(4-19)24-5)18-9-8(25-13(18)22)10(21)16-12(14)15-9/h5,7-8,11,19H,3-4H2,1-2H3,(H2,14,16,21). The van der Waals surface area contributed by atoms with Crippen LogP contribution in [0.4, 0.5) is 4.79 Å². The van der Waals surface area contributed by atoms with Crippen molar-refractivity contribution in [3.8, 4) is 0 Å². The van der Waals surface area contributed by atoms with E-state index in [-0.39, 0.29) is 30.7 Å². The van der Waals surface area contributed by atoms with Crippen LogP contribution in [-0.2, 0) is 14.3 Å². The zero-order valence-corrected chi connectivity index (χ0v) is 15.1. The summed E-state index contributed by atoms with van der Waals surface area (Å²) < 4.78 is 5.73. The number of thioether (sulfide) groups is 2. The van der Waals surface area contributed by atoms with Crippen LogP contribution in [0, 0.1) is 5.41 Å². The van der Waals surface area contributed by atoms with Crippen molar-refractivity contribution < 1.29 is 24.2 Å². The lowest BCUT2D eigenvalue weighted by molar-refractivity contribution is -0.129. The van der Waals surface area contributed by atoms with Crippen LogP contribution in [0.3, 0.4) is 0 Å². The quantitative estimate of drug-likeness (QED) is 0.577. The first-order valence-corrected chi connectivity index (χ1v) is 9.24. The van der Waals surface area contributed by atoms with Gasteiger partial charge in [-0.1, -0.05) is 0 Å². The van der Waals surface area contributed by atoms with Crippen LogP contribution in [0.2, 0.25) is 0 Å². The highest BCUT2D eigenvalue weighted by molar-refractivity contribution is 8.16. The van der Waals surface area contributed by atoms with Crippen molar-refractivity contribution in [3.63, 3.8) is 0 Å². The van der Waals surface area contributed by atoms with E-state index in [9.17, 15) is 19.5 Å². The molecule has 0 bridgehead atoms. The van der Waals surface area contributed by atoms with E-state index in [1.54, 1.807) is 14.1 Å². The molecule has 10 nitrogen and oxygen atoms in total. The molecule has 3 aliphatic rings. The molecule has 12 heteroatoms. The second-order valence-corrected chi connectivity index (χ2v) is 8.21. The summed E-state index contributed by atoms with van der Waals surface area (Å²) in [6.07, 6.45) is -0.733. The van der Waals surface area contributed by atoms with Gasteiger partial charge in [0, 0.05) is 20.5 Å². The number of guanidine groups is 1. The maximum Gasteiger partial charge on any atom is 0.290 e. The molecule has 3 amide bonds. The highest BCUT2D eigenvalue weighted by Crippen LogP contribution is 2.41. The van der Waals surface area contributed by atoms with Crippen molar-refractivity contribution in [2.45, 2.75) is 28.6 Å². The van der Waals surface area contributed by atoms with Gasteiger partial charge in [0.15, 0.2) is 11.5 Å². The Hall–Kier alpha value is -1.63. The molecular weight excluding hydrogens is 370 g/mol. The Morgan fingerprint density at radius 2 is 2.20 bits per heavy atom. The summed E-state index contributed by atoms with van der Waals surface area (Å²) in [5, 5.41) is 17.6. The number of amides is 3. The molecule has 136 valence electrons. The van der Waals surface area contributed by atoms with E-state index in [0.29, 0.717) is 0 Å². The largest absolute Gasteiger partial charge is 0.393 e. The van der Waals surface area contributed by atoms with Gasteiger partial charge in [0.25, 0.3) is 5.24 Å². The van der Waals surface area contributed by atoms with Gasteiger partial charge in [-0.15, -0.1) is 11.8 Å². The smallest absolute Gasteiger partial charge is 0.290 e. The number of ether oxygens (including phenoxy) is 1. The molecular formula is C13H17N5O5S2. The van der Waals surface area contributed by atoms with Gasteiger partial charge in [0.05, 0.1) is 11.9 Å². The van der Waals surface area contributed by atoms with Crippen LogP contribution in [0.15, 0.2) is 4.99 Å². The van der Waals surface area contributed by atoms with Crippen molar-refractivity contribution in [1.82, 2.24) is 15.1 Å². The molecule has 0 spiro atoms. The number of hydrogen-bond donors (Lipinski definition) is 3. The summed E-state index contributed by atoms with van der Waals surface area (Å²) in [6.45, 7) is -0.269. The van der Waals surface area contributed by atoms with E-state index in [1.807, 2.05) is 0 Å². The Bertz CT molecular complexity index is 669. The van der Waals surface area contributed by atoms with E-state index >= 15 is 0 Å². The van der Waals surface area contributed by atoms with Crippen LogP contribution >= 0.6 is 23.5 Å². The minimum absolute atomic E-state index is 0.106. The van der Waals surface area contributed by atoms with Crippen LogP contribution < -0.4 is 5.32 Å². The Morgan fingerprint density at radius 1 is 1.48 bits per heavy atom. The van der Waals surface area contributed by atoms with Gasteiger partial charge < -0.3 is 14.7 Å². The van der Waals surface area contributed by atoms with Gasteiger partial charge in [0.1, 0.15) is 11.3 Å². The van der Waals surface area contributed by atoms with E-state index in [2.05, 4.69) is 10.3 Å². The average Bonchev–Trinajstić information content (AvgIpc) is 3.07. The fourth-order valence-electron chi connectivity index (χ4n) is 2.63. The number of hydrogen-bond acceptors (Lipinski definition) is 8. The molecule has 3 heterocycles. The second kappa shape index (κ2) is 6.94. The molecule has 0 aromatic rings. The number of rotatable bonds is 4. The van der Waals surface area contributed by atoms with Crippen molar-refractivity contribution in [1.29, 1.82) is 5.41 Å². The Morgan fingerprint density at radius 3 is 2.84 bits per heavy atom. The van der Waals surface area contributed by atoms with Gasteiger partial charge >= 0.3 is 0 Å². The number of nitrogens with one attached hydrogen (secondary N) is 2. The van der Waals surface area contributed by atoms with Crippen LogP contribution in [0.25, 0.3) is 0 Å². The minimum Gasteiger partial charge on any atom is -0.393 e. The number of carbonyl (C=O) groups excluding carboxylic acids is 3. The third kappa shape index (κ3) is 3.38. The van der Waals surface area contributed by atoms with E-state index in [0.717, 1.165) is 11.8 Å². The fourth-order valence-corrected chi connectivity index (χ4v) is 4.79. The summed E-state index contributed by atoms with van der Waals surface area (Å²) in [6, 6.07) is 0. The van der Waals surface area contributed by atoms with Gasteiger partial charge in [-0.25, -0.2) is 0 Å². The molecule has 25 heavy (non-hydrogen) atoms. The zero-order valence-electron chi connectivity index (χ0n) is 13.5. The number of aliphatic hydroxyl groups is 1. The summed E-state index contributed by atoms with van der Waals surface area (Å²) >= 11 is 2.05. The molecule has 0 radical (unpaired) electrons. The van der Waals surface area contributed by atoms with E-state index in [1.165, 1.54) is 21.6 Å². The molecule has 2 fully saturated rings. The molecule has 3 rings (SSSR count). The average molecular weight is 387 g/mol. The van der Waals surface area contributed by atoms with Crippen LogP contribution in [-0.4, -0.2) is 86.6 Å². The lowest BCUT2D eigenvalue weighted by Crippen LogP contribution is -2.52.